The molecular formula is C26H18Cu2N6O6S4. The third-order valence-corrected chi connectivity index (χ3v) is 6.08. The molecule has 0 spiro atoms. The second-order valence-electron chi connectivity index (χ2n) is 7.05. The molecule has 2 aromatic heterocycles. The number of pyridine rings is 2. The van der Waals surface area contributed by atoms with Crippen molar-refractivity contribution < 1.29 is 60.1 Å². The maximum atomic E-state index is 11.0. The maximum absolute atomic E-state index is 11.0. The molecule has 18 heteroatoms. The molecule has 234 valence electrons. The van der Waals surface area contributed by atoms with Gasteiger partial charge in [0, 0.05) is 12.4 Å². The van der Waals surface area contributed by atoms with E-state index in [4.69, 9.17) is 10.8 Å². The van der Waals surface area contributed by atoms with Crippen LogP contribution < -0.4 is 0 Å². The van der Waals surface area contributed by atoms with E-state index in [-0.39, 0.29) is 55.3 Å². The molecule has 0 amide bonds. The number of para-hydroxylation sites is 2. The molecule has 4 aromatic rings. The fourth-order valence-corrected chi connectivity index (χ4v) is 3.97. The minimum Gasteiger partial charge on any atom is -0.753 e. The van der Waals surface area contributed by atoms with Crippen molar-refractivity contribution in [3.63, 3.8) is 0 Å². The quantitative estimate of drug-likeness (QED) is 0.113. The minimum atomic E-state index is -4.52. The molecule has 4 rings (SSSR count). The topological polar surface area (TPSA) is 210 Å². The number of aromatic nitrogens is 2. The van der Waals surface area contributed by atoms with Gasteiger partial charge in [0.2, 0.25) is 0 Å². The van der Waals surface area contributed by atoms with E-state index in [1.54, 1.807) is 60.9 Å². The van der Waals surface area contributed by atoms with Crippen LogP contribution in [-0.2, 0) is 54.4 Å². The van der Waals surface area contributed by atoms with Crippen molar-refractivity contribution in [2.45, 2.75) is 9.79 Å². The molecular weight excluding hydrogens is 748 g/mol. The molecule has 2 aromatic carbocycles. The molecule has 2 heterocycles. The Morgan fingerprint density at radius 1 is 0.614 bits per heavy atom. The summed E-state index contributed by atoms with van der Waals surface area (Å²) in [4.78, 5) is 15.3. The molecule has 0 saturated heterocycles. The molecule has 0 aliphatic carbocycles. The van der Waals surface area contributed by atoms with Gasteiger partial charge in [0.1, 0.15) is 20.2 Å². The van der Waals surface area contributed by atoms with Crippen LogP contribution in [0.5, 0.6) is 0 Å². The molecule has 0 aliphatic heterocycles. The van der Waals surface area contributed by atoms with Crippen molar-refractivity contribution in [3.8, 4) is 0 Å². The zero-order valence-corrected chi connectivity index (χ0v) is 26.9. The van der Waals surface area contributed by atoms with E-state index >= 15 is 0 Å². The van der Waals surface area contributed by atoms with Gasteiger partial charge >= 0.3 is 34.1 Å². The van der Waals surface area contributed by atoms with E-state index < -0.39 is 20.2 Å². The van der Waals surface area contributed by atoms with Gasteiger partial charge in [-0.05, 0) is 48.5 Å². The Labute approximate surface area is 286 Å². The zero-order valence-electron chi connectivity index (χ0n) is 21.8. The number of rotatable bonds is 6. The van der Waals surface area contributed by atoms with Gasteiger partial charge in [-0.25, -0.2) is 16.8 Å². The Balaban J connectivity index is 0. The number of isothiocyanates is 2. The van der Waals surface area contributed by atoms with Crippen LogP contribution in [0.3, 0.4) is 0 Å². The largest absolute Gasteiger partial charge is 2.00 e. The molecule has 0 saturated carbocycles. The van der Waals surface area contributed by atoms with E-state index in [0.29, 0.717) is 11.4 Å². The van der Waals surface area contributed by atoms with Crippen molar-refractivity contribution in [1.82, 2.24) is 9.97 Å². The summed E-state index contributed by atoms with van der Waals surface area (Å²) in [6.45, 7) is 0. The average Bonchev–Trinajstić information content (AvgIpc) is 2.97. The third-order valence-electron chi connectivity index (χ3n) is 4.32. The van der Waals surface area contributed by atoms with E-state index in [2.05, 4.69) is 44.4 Å². The summed E-state index contributed by atoms with van der Waals surface area (Å²) >= 11 is 7.40. The normalized spacial score (nSPS) is 10.0. The van der Waals surface area contributed by atoms with Crippen molar-refractivity contribution in [2.24, 2.45) is 9.98 Å². The van der Waals surface area contributed by atoms with Crippen molar-refractivity contribution >= 4 is 78.8 Å². The number of aliphatic imine (C=N–C) groups is 2. The van der Waals surface area contributed by atoms with Crippen LogP contribution in [0, 0.1) is 0 Å². The van der Waals surface area contributed by atoms with Gasteiger partial charge in [-0.2, -0.15) is 10.3 Å². The zero-order chi connectivity index (χ0) is 31.4. The number of hydrogen-bond donors (Lipinski definition) is 0. The molecule has 0 atom stereocenters. The Morgan fingerprint density at radius 2 is 0.909 bits per heavy atom. The van der Waals surface area contributed by atoms with Gasteiger partial charge in [-0.3, -0.25) is 20.0 Å². The predicted octanol–water partition coefficient (Wildman–Crippen LogP) is 4.78. The number of thiocarbonyl (C=S) groups is 2. The summed E-state index contributed by atoms with van der Waals surface area (Å²) in [6.07, 6.45) is 6.00. The smallest absolute Gasteiger partial charge is 0.753 e. The molecule has 0 N–H and O–H groups in total. The van der Waals surface area contributed by atoms with E-state index in [1.807, 2.05) is 0 Å². The van der Waals surface area contributed by atoms with Crippen molar-refractivity contribution in [3.05, 3.63) is 120 Å². The fraction of sp³-hybridized carbons (Fsp3) is 0. The molecule has 0 unspecified atom stereocenters. The Hall–Kier alpha value is -3.46. The van der Waals surface area contributed by atoms with Gasteiger partial charge in [0.25, 0.3) is 0 Å². The summed E-state index contributed by atoms with van der Waals surface area (Å²) < 4.78 is 66.1. The first-order chi connectivity index (χ1) is 20.0. The fourth-order valence-electron chi connectivity index (χ4n) is 2.73. The molecule has 44 heavy (non-hydrogen) atoms. The van der Waals surface area contributed by atoms with Crippen LogP contribution in [-0.4, -0.2) is 58.7 Å². The van der Waals surface area contributed by atoms with Gasteiger partial charge < -0.3 is 19.9 Å². The maximum Gasteiger partial charge on any atom is 2.00 e. The minimum absolute atomic E-state index is 0. The Morgan fingerprint density at radius 3 is 1.18 bits per heavy atom. The molecule has 0 aliphatic rings. The monoisotopic (exact) mass is 764 g/mol. The number of benzene rings is 2. The van der Waals surface area contributed by atoms with Gasteiger partial charge in [-0.1, -0.05) is 60.8 Å². The molecule has 0 fully saturated rings. The summed E-state index contributed by atoms with van der Waals surface area (Å²) in [6, 6.07) is 22.1. The number of hydrogen-bond acceptors (Lipinski definition) is 12. The van der Waals surface area contributed by atoms with E-state index in [0.717, 1.165) is 0 Å². The second-order valence-corrected chi connectivity index (χ2v) is 10.1. The number of nitrogens with zero attached hydrogens (tertiary/aromatic N) is 6. The second kappa shape index (κ2) is 23.0. The van der Waals surface area contributed by atoms with E-state index in [9.17, 15) is 25.9 Å². The van der Waals surface area contributed by atoms with Crippen LogP contribution in [0.2, 0.25) is 0 Å². The summed E-state index contributed by atoms with van der Waals surface area (Å²) in [5.41, 5.74) is 1.38. The first-order valence-corrected chi connectivity index (χ1v) is 14.6. The predicted molar refractivity (Wildman–Crippen MR) is 164 cm³/mol. The SMILES string of the molecule is O=S(=O)([O-])c1ccccc1N=Cc1ccccn1.O=S(=O)([O-])c1ccccc1N=Cc1ccccn1.[Cu+2].[Cu+2].[N-]=C=S.[N-]=C=S. The van der Waals surface area contributed by atoms with E-state index in [1.165, 1.54) is 59.1 Å². The van der Waals surface area contributed by atoms with Gasteiger partial charge in [0.05, 0.1) is 45.0 Å². The van der Waals surface area contributed by atoms with Crippen LogP contribution in [0.15, 0.2) is 117 Å². The molecule has 0 bridgehead atoms. The van der Waals surface area contributed by atoms with Crippen molar-refractivity contribution in [1.29, 1.82) is 0 Å². The Kier molecular flexibility index (Phi) is 22.3. The van der Waals surface area contributed by atoms with Gasteiger partial charge in [-0.15, -0.1) is 0 Å². The summed E-state index contributed by atoms with van der Waals surface area (Å²) in [5, 5.41) is 16.9. The average molecular weight is 766 g/mol. The van der Waals surface area contributed by atoms with Crippen molar-refractivity contribution in [2.75, 3.05) is 0 Å². The summed E-state index contributed by atoms with van der Waals surface area (Å²) in [7, 11) is -9.04. The van der Waals surface area contributed by atoms with Crippen LogP contribution in [0.4, 0.5) is 11.4 Å². The Bertz CT molecular complexity index is 1650. The first kappa shape index (κ1) is 42.7. The molecule has 12 nitrogen and oxygen atoms in total. The van der Waals surface area contributed by atoms with Crippen LogP contribution >= 0.6 is 24.4 Å². The third kappa shape index (κ3) is 17.0. The van der Waals surface area contributed by atoms with Gasteiger partial charge in [0.15, 0.2) is 0 Å². The van der Waals surface area contributed by atoms with Crippen LogP contribution in [0.25, 0.3) is 10.8 Å². The molecule has 2 radical (unpaired) electrons. The summed E-state index contributed by atoms with van der Waals surface area (Å²) in [5.74, 6) is 0. The van der Waals surface area contributed by atoms with Crippen LogP contribution in [0.1, 0.15) is 11.4 Å². The first-order valence-electron chi connectivity index (χ1n) is 11.0. The standard InChI is InChI=1S/2C12H10N2O3S.2CNS.2Cu/c2*15-18(16,17)12-7-2-1-6-11(12)14-9-10-5-3-4-8-13-10;2*2-1-3;;/h2*1-9H,(H,15,16,17);;;;/q;;2*-1;2*+2/p-2.